The summed E-state index contributed by atoms with van der Waals surface area (Å²) in [6.45, 7) is 1.74. The lowest BCUT2D eigenvalue weighted by molar-refractivity contribution is 0.0780. The number of ether oxygens (including phenoxy) is 1. The molecule has 2 heterocycles. The van der Waals surface area contributed by atoms with Crippen LogP contribution in [-0.4, -0.2) is 36.0 Å². The Kier molecular flexibility index (Phi) is 3.40. The van der Waals surface area contributed by atoms with Crippen LogP contribution in [0.2, 0.25) is 0 Å². The number of amides is 1. The first-order chi connectivity index (χ1) is 10.8. The number of pyridine rings is 1. The first kappa shape index (κ1) is 13.8. The van der Waals surface area contributed by atoms with Crippen LogP contribution in [-0.2, 0) is 12.8 Å². The van der Waals surface area contributed by atoms with E-state index in [4.69, 9.17) is 4.74 Å². The van der Waals surface area contributed by atoms with E-state index in [0.29, 0.717) is 23.3 Å². The summed E-state index contributed by atoms with van der Waals surface area (Å²) in [6, 6.07) is 2.02. The maximum Gasteiger partial charge on any atom is 0.259 e. The minimum absolute atomic E-state index is 0.0912. The van der Waals surface area contributed by atoms with Crippen LogP contribution in [0.15, 0.2) is 18.2 Å². The molecule has 0 radical (unpaired) electrons. The van der Waals surface area contributed by atoms with E-state index in [-0.39, 0.29) is 5.91 Å². The van der Waals surface area contributed by atoms with Gasteiger partial charge in [0.1, 0.15) is 5.56 Å². The topological polar surface area (TPSA) is 42.4 Å². The second-order valence-electron chi connectivity index (χ2n) is 6.68. The standard InChI is InChI=1S/C18H22N2O2/c1-22-17-15(9-12-7-4-8-16(12)19-17)18(21)20-10-13-5-2-3-6-14(13)11-20/h2-3,9,13-14H,4-8,10-11H2,1H3/t13-,14+. The van der Waals surface area contributed by atoms with Crippen molar-refractivity contribution in [3.8, 4) is 5.88 Å². The molecule has 1 amide bonds. The van der Waals surface area contributed by atoms with Crippen molar-refractivity contribution in [3.63, 3.8) is 0 Å². The molecule has 4 rings (SSSR count). The largest absolute Gasteiger partial charge is 0.480 e. The molecular weight excluding hydrogens is 276 g/mol. The molecule has 2 atom stereocenters. The van der Waals surface area contributed by atoms with Crippen molar-refractivity contribution in [1.29, 1.82) is 0 Å². The molecule has 3 aliphatic rings. The van der Waals surface area contributed by atoms with Gasteiger partial charge in [-0.2, -0.15) is 0 Å². The number of carbonyl (C=O) groups is 1. The number of carbonyl (C=O) groups excluding carboxylic acids is 1. The maximum absolute atomic E-state index is 13.0. The highest BCUT2D eigenvalue weighted by Gasteiger charge is 2.36. The average Bonchev–Trinajstić information content (AvgIpc) is 3.18. The summed E-state index contributed by atoms with van der Waals surface area (Å²) in [5.41, 5.74) is 2.98. The van der Waals surface area contributed by atoms with Gasteiger partial charge in [-0.15, -0.1) is 0 Å². The van der Waals surface area contributed by atoms with Crippen molar-refractivity contribution in [2.45, 2.75) is 32.1 Å². The molecule has 1 aromatic heterocycles. The Morgan fingerprint density at radius 1 is 1.23 bits per heavy atom. The number of rotatable bonds is 2. The minimum Gasteiger partial charge on any atom is -0.480 e. The third kappa shape index (κ3) is 2.21. The summed E-state index contributed by atoms with van der Waals surface area (Å²) in [7, 11) is 1.61. The molecule has 4 nitrogen and oxygen atoms in total. The molecule has 116 valence electrons. The van der Waals surface area contributed by atoms with Gasteiger partial charge in [-0.1, -0.05) is 12.2 Å². The number of methoxy groups -OCH3 is 1. The van der Waals surface area contributed by atoms with Gasteiger partial charge in [-0.3, -0.25) is 4.79 Å². The molecule has 1 aliphatic heterocycles. The van der Waals surface area contributed by atoms with E-state index in [1.807, 2.05) is 11.0 Å². The van der Waals surface area contributed by atoms with Crippen LogP contribution in [0.25, 0.3) is 0 Å². The van der Waals surface area contributed by atoms with Gasteiger partial charge in [0, 0.05) is 18.8 Å². The van der Waals surface area contributed by atoms with Gasteiger partial charge in [-0.05, 0) is 55.6 Å². The van der Waals surface area contributed by atoms with E-state index in [2.05, 4.69) is 17.1 Å². The molecule has 0 aromatic carbocycles. The Balaban J connectivity index is 1.60. The highest BCUT2D eigenvalue weighted by molar-refractivity contribution is 5.97. The molecule has 0 saturated carbocycles. The lowest BCUT2D eigenvalue weighted by Gasteiger charge is -2.18. The molecular formula is C18H22N2O2. The fraction of sp³-hybridized carbons (Fsp3) is 0.556. The number of allylic oxidation sites excluding steroid dienone is 2. The molecule has 1 aromatic rings. The van der Waals surface area contributed by atoms with Crippen molar-refractivity contribution in [2.75, 3.05) is 20.2 Å². The SMILES string of the molecule is COc1nc2c(cc1C(=O)N1C[C@H]3CC=CC[C@H]3C1)CCC2. The highest BCUT2D eigenvalue weighted by atomic mass is 16.5. The fourth-order valence-electron chi connectivity index (χ4n) is 4.11. The predicted octanol–water partition coefficient (Wildman–Crippen LogP) is 2.62. The molecule has 4 heteroatoms. The summed E-state index contributed by atoms with van der Waals surface area (Å²) < 4.78 is 5.40. The summed E-state index contributed by atoms with van der Waals surface area (Å²) in [6.07, 6.45) is 9.88. The Labute approximate surface area is 131 Å². The summed E-state index contributed by atoms with van der Waals surface area (Å²) in [5, 5.41) is 0. The first-order valence-electron chi connectivity index (χ1n) is 8.27. The van der Waals surface area contributed by atoms with Crippen molar-refractivity contribution < 1.29 is 9.53 Å². The van der Waals surface area contributed by atoms with Gasteiger partial charge < -0.3 is 9.64 Å². The van der Waals surface area contributed by atoms with Gasteiger partial charge >= 0.3 is 0 Å². The van der Waals surface area contributed by atoms with Gasteiger partial charge in [0.15, 0.2) is 0 Å². The minimum atomic E-state index is 0.0912. The van der Waals surface area contributed by atoms with Gasteiger partial charge in [-0.25, -0.2) is 4.98 Å². The smallest absolute Gasteiger partial charge is 0.259 e. The number of fused-ring (bicyclic) bond motifs is 2. The van der Waals surface area contributed by atoms with Crippen molar-refractivity contribution in [2.24, 2.45) is 11.8 Å². The molecule has 1 saturated heterocycles. The number of aromatic nitrogens is 1. The summed E-state index contributed by atoms with van der Waals surface area (Å²) >= 11 is 0. The number of aryl methyl sites for hydroxylation is 2. The van der Waals surface area contributed by atoms with Crippen LogP contribution in [0.5, 0.6) is 5.88 Å². The van der Waals surface area contributed by atoms with E-state index >= 15 is 0 Å². The third-order valence-electron chi connectivity index (χ3n) is 5.35. The van der Waals surface area contributed by atoms with Crippen LogP contribution < -0.4 is 4.74 Å². The van der Waals surface area contributed by atoms with E-state index < -0.39 is 0 Å². The zero-order chi connectivity index (χ0) is 15.1. The lowest BCUT2D eigenvalue weighted by Crippen LogP contribution is -2.29. The Morgan fingerprint density at radius 3 is 2.64 bits per heavy atom. The van der Waals surface area contributed by atoms with Crippen LogP contribution in [0.1, 0.15) is 40.9 Å². The van der Waals surface area contributed by atoms with Crippen LogP contribution in [0, 0.1) is 11.8 Å². The molecule has 0 bridgehead atoms. The number of nitrogens with zero attached hydrogens (tertiary/aromatic N) is 2. The van der Waals surface area contributed by atoms with Crippen LogP contribution >= 0.6 is 0 Å². The van der Waals surface area contributed by atoms with E-state index in [1.54, 1.807) is 7.11 Å². The van der Waals surface area contributed by atoms with Gasteiger partial charge in [0.05, 0.1) is 7.11 Å². The molecule has 2 aliphatic carbocycles. The monoisotopic (exact) mass is 298 g/mol. The van der Waals surface area contributed by atoms with Crippen LogP contribution in [0.4, 0.5) is 0 Å². The second-order valence-corrected chi connectivity index (χ2v) is 6.68. The Morgan fingerprint density at radius 2 is 1.95 bits per heavy atom. The molecule has 22 heavy (non-hydrogen) atoms. The van der Waals surface area contributed by atoms with E-state index in [9.17, 15) is 4.79 Å². The maximum atomic E-state index is 13.0. The number of hydrogen-bond donors (Lipinski definition) is 0. The molecule has 0 spiro atoms. The van der Waals surface area contributed by atoms with E-state index in [1.165, 1.54) is 5.56 Å². The van der Waals surface area contributed by atoms with Crippen molar-refractivity contribution >= 4 is 5.91 Å². The zero-order valence-electron chi connectivity index (χ0n) is 13.0. The molecule has 1 fully saturated rings. The summed E-state index contributed by atoms with van der Waals surface area (Å²) in [5.74, 6) is 1.84. The van der Waals surface area contributed by atoms with E-state index in [0.717, 1.165) is 50.9 Å². The number of likely N-dealkylation sites (tertiary alicyclic amines) is 1. The average molecular weight is 298 g/mol. The summed E-state index contributed by atoms with van der Waals surface area (Å²) in [4.78, 5) is 19.5. The highest BCUT2D eigenvalue weighted by Crippen LogP contribution is 2.35. The molecule has 0 N–H and O–H groups in total. The van der Waals surface area contributed by atoms with Crippen molar-refractivity contribution in [1.82, 2.24) is 9.88 Å². The van der Waals surface area contributed by atoms with Crippen LogP contribution in [0.3, 0.4) is 0 Å². The normalized spacial score (nSPS) is 26.0. The third-order valence-corrected chi connectivity index (χ3v) is 5.35. The second kappa shape index (κ2) is 5.41. The Hall–Kier alpha value is -1.84. The Bertz CT molecular complexity index is 622. The quantitative estimate of drug-likeness (QED) is 0.788. The molecule has 0 unspecified atom stereocenters. The predicted molar refractivity (Wildman–Crippen MR) is 84.1 cm³/mol. The van der Waals surface area contributed by atoms with Gasteiger partial charge in [0.25, 0.3) is 5.91 Å². The van der Waals surface area contributed by atoms with Crippen molar-refractivity contribution in [3.05, 3.63) is 35.0 Å². The number of hydrogen-bond acceptors (Lipinski definition) is 3. The first-order valence-corrected chi connectivity index (χ1v) is 8.27. The van der Waals surface area contributed by atoms with Gasteiger partial charge in [0.2, 0.25) is 5.88 Å². The fourth-order valence-corrected chi connectivity index (χ4v) is 4.11. The zero-order valence-corrected chi connectivity index (χ0v) is 13.0. The lowest BCUT2D eigenvalue weighted by atomic mass is 9.86.